The minimum Gasteiger partial charge on any atom is -0.508 e. The number of carboxylic acid groups (broad SMARTS) is 1. The molecule has 8 rings (SSSR count). The summed E-state index contributed by atoms with van der Waals surface area (Å²) in [5, 5.41) is 80.1. The highest BCUT2D eigenvalue weighted by atomic mass is 16.4. The van der Waals surface area contributed by atoms with Crippen LogP contribution in [0.2, 0.25) is 0 Å². The highest BCUT2D eigenvalue weighted by Gasteiger charge is 2.50. The molecule has 0 spiro atoms. The van der Waals surface area contributed by atoms with E-state index < -0.39 is 283 Å². The second-order valence-electron chi connectivity index (χ2n) is 39.5. The Bertz CT molecular complexity index is 5170. The second-order valence-corrected chi connectivity index (χ2v) is 39.5. The van der Waals surface area contributed by atoms with Gasteiger partial charge in [0, 0.05) is 84.4 Å². The van der Waals surface area contributed by atoms with Gasteiger partial charge >= 0.3 is 5.97 Å². The van der Waals surface area contributed by atoms with Gasteiger partial charge in [0.15, 0.2) is 17.9 Å². The number of carbonyl (C=O) groups excluding carboxylic acids is 20. The largest absolute Gasteiger partial charge is 0.508 e. The van der Waals surface area contributed by atoms with Crippen LogP contribution < -0.4 is 115 Å². The third-order valence-electron chi connectivity index (χ3n) is 27.3. The van der Waals surface area contributed by atoms with Crippen LogP contribution in [-0.2, 0) is 114 Å². The molecule has 1 aromatic heterocycles. The Hall–Kier alpha value is -15.1. The Labute approximate surface area is 867 Å². The first-order valence-electron chi connectivity index (χ1n) is 51.0. The van der Waals surface area contributed by atoms with E-state index in [9.17, 15) is 72.5 Å². The average Bonchev–Trinajstić information content (AvgIpc) is 1.64. The summed E-state index contributed by atoms with van der Waals surface area (Å²) in [5.41, 5.74) is 39.3. The van der Waals surface area contributed by atoms with Crippen molar-refractivity contribution in [3.63, 3.8) is 0 Å². The molecule has 7 heterocycles. The fourth-order valence-electron chi connectivity index (χ4n) is 19.4. The van der Waals surface area contributed by atoms with E-state index in [0.29, 0.717) is 30.5 Å². The summed E-state index contributed by atoms with van der Waals surface area (Å²) in [6, 6.07) is -18.3. The summed E-state index contributed by atoms with van der Waals surface area (Å²) in [7, 11) is 0. The molecule has 0 aliphatic carbocycles. The smallest absolute Gasteiger partial charge is 0.326 e. The standard InChI is InChI=1S/C95H150N32O23/c1-7-51(6)75(121-79(136)59(42-52-26-28-54(128)29-27-52)117-85(142)74(50(4)5)120-84(141)68-24-13-36-123(68)86(143)56(18-9-33-108-94(102)103)113-78(135)61(45-72(99)131)116-77(134)60(44-71(98)130)111-73(132)46-96)91(148)126-39-15-23-67(126)82(139)115-58(30-31-70(97)129)88(145)122-35-11-21-65(122)81(138)114-57(19-10-34-109-95(104)105)87(144)127-40-16-25-69(127)90(147)125-38-14-22-66(125)83(140)118-62(43-53-47-106-48-110-53)89(146)124-37-12-20-64(124)80(137)112-55(17-8-32-107-93(100)101)76(133)119-63(92(149)150)41-49(2)3/h26-29,47-51,55-69,74-75,128H,7-25,30-46,96H2,1-6H3,(H2,97,129)(H2,98,130)(H2,99,131)(H,106,110)(H,111,132)(H,112,137)(H,113,135)(H,114,138)(H,115,139)(H,116,134)(H,117,142)(H,118,140)(H,119,133)(H,120,141)(H,121,136)(H,149,150)(H4,100,101,107)(H4,102,103,108)(H4,104,105,109). The maximum absolute atomic E-state index is 15.4. The van der Waals surface area contributed by atoms with Gasteiger partial charge in [-0.1, -0.05) is 60.1 Å². The number of nitrogens with one attached hydrogen (secondary N) is 18. The van der Waals surface area contributed by atoms with E-state index in [0.717, 1.165) is 4.90 Å². The Morgan fingerprint density at radius 3 is 1.19 bits per heavy atom. The molecule has 0 radical (unpaired) electrons. The zero-order valence-electron chi connectivity index (χ0n) is 85.6. The van der Waals surface area contributed by atoms with E-state index in [1.165, 1.54) is 61.3 Å². The number of aliphatic carboxylic acids is 1. The molecule has 6 fully saturated rings. The molecule has 18 unspecified atom stereocenters. The van der Waals surface area contributed by atoms with Crippen molar-refractivity contribution in [2.75, 3.05) is 65.4 Å². The Kier molecular flexibility index (Phi) is 46.4. The molecule has 6 aliphatic heterocycles. The van der Waals surface area contributed by atoms with Crippen LogP contribution in [-0.4, -0.2) is 360 Å². The van der Waals surface area contributed by atoms with Crippen molar-refractivity contribution in [3.8, 4) is 5.75 Å². The number of likely N-dealkylation sites (tertiary alicyclic amines) is 6. The predicted molar refractivity (Wildman–Crippen MR) is 538 cm³/mol. The summed E-state index contributed by atoms with van der Waals surface area (Å²) in [4.78, 5) is 313. The van der Waals surface area contributed by atoms with Crippen molar-refractivity contribution in [2.45, 2.75) is 311 Å². The summed E-state index contributed by atoms with van der Waals surface area (Å²) in [5.74, 6) is -21.5. The molecular weight excluding hydrogens is 1960 g/mol. The van der Waals surface area contributed by atoms with Crippen LogP contribution in [0.5, 0.6) is 5.75 Å². The van der Waals surface area contributed by atoms with Gasteiger partial charge in [0.05, 0.1) is 31.4 Å². The van der Waals surface area contributed by atoms with E-state index >= 15 is 38.4 Å². The number of carboxylic acids is 1. The third kappa shape index (κ3) is 35.3. The number of imidazole rings is 1. The lowest BCUT2D eigenvalue weighted by Gasteiger charge is -2.35. The zero-order valence-corrected chi connectivity index (χ0v) is 85.6. The number of phenolic OH excluding ortho intramolecular Hbond substituents is 1. The predicted octanol–water partition coefficient (Wildman–Crippen LogP) is -8.22. The molecule has 6 aliphatic rings. The van der Waals surface area contributed by atoms with Crippen molar-refractivity contribution < 1.29 is 111 Å². The summed E-state index contributed by atoms with van der Waals surface area (Å²) in [6.45, 7) is 9.57. The quantitative estimate of drug-likeness (QED) is 0.0166. The third-order valence-corrected chi connectivity index (χ3v) is 27.3. The Balaban J connectivity index is 0.954. The van der Waals surface area contributed by atoms with E-state index in [-0.39, 0.29) is 199 Å². The molecule has 150 heavy (non-hydrogen) atoms. The lowest BCUT2D eigenvalue weighted by molar-refractivity contribution is -0.149. The van der Waals surface area contributed by atoms with Crippen LogP contribution in [0.3, 0.4) is 0 Å². The first kappa shape index (κ1) is 120. The van der Waals surface area contributed by atoms with E-state index in [4.69, 9.17) is 56.4 Å². The lowest BCUT2D eigenvalue weighted by atomic mass is 9.96. The number of aromatic nitrogens is 2. The molecule has 55 heteroatoms. The molecule has 0 bridgehead atoms. The van der Waals surface area contributed by atoms with Gasteiger partial charge in [0.2, 0.25) is 118 Å². The number of primary amides is 3. The number of hydrogen-bond donors (Lipinski definition) is 27. The number of nitrogens with two attached hydrogens (primary N) is 7. The minimum atomic E-state index is -1.83. The molecule has 6 saturated heterocycles. The number of hydrogen-bond acceptors (Lipinski definition) is 27. The number of nitrogens with zero attached hydrogens (tertiary/aromatic N) is 7. The van der Waals surface area contributed by atoms with Gasteiger partial charge in [-0.2, -0.15) is 0 Å². The fourth-order valence-corrected chi connectivity index (χ4v) is 19.4. The van der Waals surface area contributed by atoms with Crippen LogP contribution in [0.1, 0.15) is 207 Å². The van der Waals surface area contributed by atoms with Gasteiger partial charge in [0.1, 0.15) is 108 Å². The molecule has 1 aromatic carbocycles. The number of phenols is 1. The van der Waals surface area contributed by atoms with Crippen molar-refractivity contribution in [1.29, 1.82) is 16.2 Å². The van der Waals surface area contributed by atoms with E-state index in [2.05, 4.69) is 84.4 Å². The summed E-state index contributed by atoms with van der Waals surface area (Å²) >= 11 is 0. The Morgan fingerprint density at radius 1 is 0.407 bits per heavy atom. The second kappa shape index (κ2) is 58.0. The van der Waals surface area contributed by atoms with Crippen molar-refractivity contribution in [3.05, 3.63) is 48.0 Å². The molecule has 55 nitrogen and oxygen atoms in total. The normalized spacial score (nSPS) is 19.7. The van der Waals surface area contributed by atoms with Gasteiger partial charge in [-0.3, -0.25) is 112 Å². The maximum atomic E-state index is 15.4. The number of amides is 20. The van der Waals surface area contributed by atoms with Crippen LogP contribution in [0, 0.1) is 34.0 Å². The summed E-state index contributed by atoms with van der Waals surface area (Å²) < 4.78 is 0. The van der Waals surface area contributed by atoms with Crippen molar-refractivity contribution in [2.24, 2.45) is 57.9 Å². The average molecular weight is 2110 g/mol. The number of rotatable bonds is 57. The fraction of sp³-hybridized carbons (Fsp3) is 0.653. The zero-order chi connectivity index (χ0) is 111. The number of carbonyl (C=O) groups is 21. The number of aromatic hydroxyl groups is 1. The first-order chi connectivity index (χ1) is 71.1. The molecule has 18 atom stereocenters. The molecule has 20 amide bonds. The van der Waals surface area contributed by atoms with Gasteiger partial charge in [-0.05, 0) is 164 Å². The Morgan fingerprint density at radius 2 is 0.773 bits per heavy atom. The maximum Gasteiger partial charge on any atom is 0.326 e. The number of H-pyrrole nitrogens is 1. The topological polar surface area (TPSA) is 869 Å². The van der Waals surface area contributed by atoms with Gasteiger partial charge in [-0.15, -0.1) is 0 Å². The SMILES string of the molecule is CCC(C)C(NC(=O)C(Cc1ccc(O)cc1)NC(=O)C(NC(=O)C1CCCN1C(=O)C(CCCNC(=N)N)NC(=O)C(CC(N)=O)NC(=O)C(CC(N)=O)NC(=O)CN)C(C)C)C(=O)N1CCCC1C(=O)NC(CCC(N)=O)C(=O)N1CCCC1C(=O)NC(CCCNC(=N)N)C(=O)N1CCCC1C(=O)N1CCCC1C(=O)NC(Cc1c[nH]cn1)C(=O)N1CCCC1C(=O)NC(CCCNC(=N)N)C(=O)NC(CC(C)C)C(=O)O. The minimum absolute atomic E-state index is 0.00704. The van der Waals surface area contributed by atoms with Crippen LogP contribution in [0.4, 0.5) is 0 Å². The van der Waals surface area contributed by atoms with Crippen molar-refractivity contribution in [1.82, 2.24) is 114 Å². The monoisotopic (exact) mass is 2110 g/mol. The number of aromatic amines is 1. The van der Waals surface area contributed by atoms with Gasteiger partial charge in [-0.25, -0.2) is 9.78 Å². The van der Waals surface area contributed by atoms with Gasteiger partial charge < -0.3 is 159 Å². The van der Waals surface area contributed by atoms with Crippen LogP contribution in [0.25, 0.3) is 0 Å². The highest BCUT2D eigenvalue weighted by Crippen LogP contribution is 2.31. The van der Waals surface area contributed by atoms with Crippen LogP contribution in [0.15, 0.2) is 36.8 Å². The summed E-state index contributed by atoms with van der Waals surface area (Å²) in [6.07, 6.45) is 2.27. The van der Waals surface area contributed by atoms with E-state index in [1.807, 2.05) is 0 Å². The van der Waals surface area contributed by atoms with Crippen molar-refractivity contribution >= 4 is 142 Å². The molecule has 0 saturated carbocycles. The number of benzene rings is 1. The lowest BCUT2D eigenvalue weighted by Crippen LogP contribution is -2.62. The molecule has 2 aromatic rings. The molecule has 828 valence electrons. The molecular formula is C95H150N32O23. The van der Waals surface area contributed by atoms with Crippen LogP contribution >= 0.6 is 0 Å². The van der Waals surface area contributed by atoms with Gasteiger partial charge in [0.25, 0.3) is 0 Å². The highest BCUT2D eigenvalue weighted by molar-refractivity contribution is 6.03. The molecule has 34 N–H and O–H groups in total. The van der Waals surface area contributed by atoms with E-state index in [1.54, 1.807) is 41.5 Å². The number of guanidine groups is 3. The first-order valence-corrected chi connectivity index (χ1v) is 51.0.